The SMILES string of the molecule is CCC1COC2(CCCCC2)N1C(=O)NS(=O)(=O)c1ccc(C)cc1. The Kier molecular flexibility index (Phi) is 5.06. The summed E-state index contributed by atoms with van der Waals surface area (Å²) in [5, 5.41) is 0. The van der Waals surface area contributed by atoms with Crippen molar-refractivity contribution in [2.45, 2.75) is 69.0 Å². The van der Waals surface area contributed by atoms with Crippen LogP contribution in [-0.4, -0.2) is 37.7 Å². The second-order valence-electron chi connectivity index (χ2n) is 6.97. The summed E-state index contributed by atoms with van der Waals surface area (Å²) < 4.78 is 33.4. The molecule has 1 unspecified atom stereocenters. The number of sulfonamides is 1. The highest BCUT2D eigenvalue weighted by atomic mass is 32.2. The van der Waals surface area contributed by atoms with Gasteiger partial charge in [-0.3, -0.25) is 4.90 Å². The van der Waals surface area contributed by atoms with Crippen LogP contribution in [0.25, 0.3) is 0 Å². The zero-order valence-corrected chi connectivity index (χ0v) is 15.6. The minimum absolute atomic E-state index is 0.0914. The van der Waals surface area contributed by atoms with Crippen LogP contribution < -0.4 is 4.72 Å². The van der Waals surface area contributed by atoms with Gasteiger partial charge in [0, 0.05) is 0 Å². The molecule has 2 amide bonds. The van der Waals surface area contributed by atoms with Crippen molar-refractivity contribution in [3.8, 4) is 0 Å². The van der Waals surface area contributed by atoms with Gasteiger partial charge >= 0.3 is 6.03 Å². The van der Waals surface area contributed by atoms with Gasteiger partial charge in [0.1, 0.15) is 5.72 Å². The molecule has 0 aromatic heterocycles. The highest BCUT2D eigenvalue weighted by Gasteiger charge is 2.50. The summed E-state index contributed by atoms with van der Waals surface area (Å²) in [5.74, 6) is 0. The lowest BCUT2D eigenvalue weighted by Crippen LogP contribution is -2.56. The van der Waals surface area contributed by atoms with Crippen molar-refractivity contribution >= 4 is 16.1 Å². The van der Waals surface area contributed by atoms with Crippen molar-refractivity contribution < 1.29 is 17.9 Å². The number of aryl methyl sites for hydroxylation is 1. The van der Waals surface area contributed by atoms with Crippen molar-refractivity contribution in [3.05, 3.63) is 29.8 Å². The Morgan fingerprint density at radius 2 is 1.88 bits per heavy atom. The molecular formula is C18H26N2O4S. The van der Waals surface area contributed by atoms with Crippen LogP contribution in [0.1, 0.15) is 51.0 Å². The molecule has 1 atom stereocenters. The van der Waals surface area contributed by atoms with Crippen molar-refractivity contribution in [2.24, 2.45) is 0 Å². The van der Waals surface area contributed by atoms with Crippen LogP contribution in [-0.2, 0) is 14.8 Å². The normalized spacial score (nSPS) is 23.0. The van der Waals surface area contributed by atoms with Gasteiger partial charge in [-0.05, 0) is 51.2 Å². The van der Waals surface area contributed by atoms with Gasteiger partial charge in [-0.15, -0.1) is 0 Å². The lowest BCUT2D eigenvalue weighted by atomic mass is 9.90. The fraction of sp³-hybridized carbons (Fsp3) is 0.611. The number of hydrogen-bond acceptors (Lipinski definition) is 4. The topological polar surface area (TPSA) is 75.7 Å². The molecular weight excluding hydrogens is 340 g/mol. The van der Waals surface area contributed by atoms with Gasteiger partial charge in [-0.2, -0.15) is 0 Å². The third-order valence-electron chi connectivity index (χ3n) is 5.23. The van der Waals surface area contributed by atoms with Gasteiger partial charge in [0.05, 0.1) is 17.5 Å². The van der Waals surface area contributed by atoms with Crippen LogP contribution in [0.3, 0.4) is 0 Å². The molecule has 1 aliphatic carbocycles. The maximum atomic E-state index is 12.9. The first-order chi connectivity index (χ1) is 11.9. The Hall–Kier alpha value is -1.60. The number of carbonyl (C=O) groups excluding carboxylic acids is 1. The lowest BCUT2D eigenvalue weighted by molar-refractivity contribution is -0.0896. The molecule has 1 aliphatic heterocycles. The van der Waals surface area contributed by atoms with Gasteiger partial charge in [0.15, 0.2) is 0 Å². The number of urea groups is 1. The first-order valence-electron chi connectivity index (χ1n) is 8.95. The molecule has 25 heavy (non-hydrogen) atoms. The van der Waals surface area contributed by atoms with E-state index in [-0.39, 0.29) is 10.9 Å². The molecule has 2 aliphatic rings. The molecule has 1 aromatic carbocycles. The highest BCUT2D eigenvalue weighted by molar-refractivity contribution is 7.90. The average Bonchev–Trinajstić information content (AvgIpc) is 2.93. The number of benzene rings is 1. The molecule has 138 valence electrons. The molecule has 1 spiro atoms. The standard InChI is InChI=1S/C18H26N2O4S/c1-3-15-13-24-18(11-5-4-6-12-18)20(15)17(21)19-25(22,23)16-9-7-14(2)8-10-16/h7-10,15H,3-6,11-13H2,1-2H3,(H,19,21). The van der Waals surface area contributed by atoms with E-state index in [1.165, 1.54) is 12.1 Å². The quantitative estimate of drug-likeness (QED) is 0.891. The summed E-state index contributed by atoms with van der Waals surface area (Å²) in [5.41, 5.74) is 0.316. The Bertz CT molecular complexity index is 724. The van der Waals surface area contributed by atoms with E-state index in [2.05, 4.69) is 4.72 Å². The molecule has 2 fully saturated rings. The van der Waals surface area contributed by atoms with Crippen LogP contribution in [0.2, 0.25) is 0 Å². The monoisotopic (exact) mass is 366 g/mol. The second kappa shape index (κ2) is 6.96. The summed E-state index contributed by atoms with van der Waals surface area (Å²) in [6.07, 6.45) is 5.37. The number of nitrogens with zero attached hydrogens (tertiary/aromatic N) is 1. The van der Waals surface area contributed by atoms with E-state index in [1.807, 2.05) is 13.8 Å². The zero-order chi connectivity index (χ0) is 18.1. The summed E-state index contributed by atoms with van der Waals surface area (Å²) in [7, 11) is -3.90. The van der Waals surface area contributed by atoms with Gasteiger partial charge in [-0.1, -0.05) is 31.0 Å². The maximum Gasteiger partial charge on any atom is 0.333 e. The molecule has 1 heterocycles. The maximum absolute atomic E-state index is 12.9. The van der Waals surface area contributed by atoms with Crippen LogP contribution in [0.15, 0.2) is 29.2 Å². The molecule has 1 N–H and O–H groups in total. The van der Waals surface area contributed by atoms with Gasteiger partial charge in [0.2, 0.25) is 0 Å². The molecule has 7 heteroatoms. The van der Waals surface area contributed by atoms with Crippen LogP contribution in [0.5, 0.6) is 0 Å². The molecule has 3 rings (SSSR count). The summed E-state index contributed by atoms with van der Waals surface area (Å²) in [6, 6.07) is 5.79. The van der Waals surface area contributed by atoms with E-state index in [4.69, 9.17) is 4.74 Å². The Morgan fingerprint density at radius 3 is 2.48 bits per heavy atom. The molecule has 1 aromatic rings. The molecule has 1 saturated heterocycles. The largest absolute Gasteiger partial charge is 0.353 e. The van der Waals surface area contributed by atoms with Crippen LogP contribution >= 0.6 is 0 Å². The highest BCUT2D eigenvalue weighted by Crippen LogP contribution is 2.41. The van der Waals surface area contributed by atoms with Crippen molar-refractivity contribution in [2.75, 3.05) is 6.61 Å². The Balaban J connectivity index is 1.83. The van der Waals surface area contributed by atoms with E-state index in [0.717, 1.165) is 44.1 Å². The predicted molar refractivity (Wildman–Crippen MR) is 94.6 cm³/mol. The number of rotatable bonds is 3. The number of hydrogen-bond donors (Lipinski definition) is 1. The van der Waals surface area contributed by atoms with Crippen molar-refractivity contribution in [1.82, 2.24) is 9.62 Å². The van der Waals surface area contributed by atoms with Crippen molar-refractivity contribution in [3.63, 3.8) is 0 Å². The third-order valence-corrected chi connectivity index (χ3v) is 6.56. The van der Waals surface area contributed by atoms with Gasteiger partial charge in [-0.25, -0.2) is 17.9 Å². The fourth-order valence-electron chi connectivity index (χ4n) is 3.81. The van der Waals surface area contributed by atoms with Gasteiger partial charge in [0.25, 0.3) is 10.0 Å². The second-order valence-corrected chi connectivity index (χ2v) is 8.66. The zero-order valence-electron chi connectivity index (χ0n) is 14.8. The number of nitrogens with one attached hydrogen (secondary N) is 1. The molecule has 0 radical (unpaired) electrons. The van der Waals surface area contributed by atoms with E-state index in [0.29, 0.717) is 6.61 Å². The predicted octanol–water partition coefficient (Wildman–Crippen LogP) is 3.16. The van der Waals surface area contributed by atoms with Crippen molar-refractivity contribution in [1.29, 1.82) is 0 Å². The fourth-order valence-corrected chi connectivity index (χ4v) is 4.75. The molecule has 1 saturated carbocycles. The average molecular weight is 366 g/mol. The first-order valence-corrected chi connectivity index (χ1v) is 10.4. The Morgan fingerprint density at radius 1 is 1.24 bits per heavy atom. The summed E-state index contributed by atoms with van der Waals surface area (Å²) >= 11 is 0. The van der Waals surface area contributed by atoms with E-state index < -0.39 is 21.8 Å². The molecule has 6 nitrogen and oxygen atoms in total. The smallest absolute Gasteiger partial charge is 0.333 e. The first kappa shape index (κ1) is 18.2. The minimum Gasteiger partial charge on any atom is -0.353 e. The van der Waals surface area contributed by atoms with E-state index >= 15 is 0 Å². The number of carbonyl (C=O) groups is 1. The van der Waals surface area contributed by atoms with Gasteiger partial charge < -0.3 is 4.74 Å². The Labute approximate surface area is 149 Å². The number of ether oxygens (including phenoxy) is 1. The number of amides is 2. The minimum atomic E-state index is -3.90. The third kappa shape index (κ3) is 3.53. The summed E-state index contributed by atoms with van der Waals surface area (Å²) in [4.78, 5) is 14.6. The summed E-state index contributed by atoms with van der Waals surface area (Å²) in [6.45, 7) is 4.34. The molecule has 0 bridgehead atoms. The van der Waals surface area contributed by atoms with Crippen LogP contribution in [0, 0.1) is 6.92 Å². The van der Waals surface area contributed by atoms with E-state index in [9.17, 15) is 13.2 Å². The van der Waals surface area contributed by atoms with E-state index in [1.54, 1.807) is 17.0 Å². The van der Waals surface area contributed by atoms with Crippen LogP contribution in [0.4, 0.5) is 4.79 Å². The lowest BCUT2D eigenvalue weighted by Gasteiger charge is -2.41.